The molecule has 0 aliphatic heterocycles. The molecule has 0 radical (unpaired) electrons. The summed E-state index contributed by atoms with van der Waals surface area (Å²) in [7, 11) is -1.99. The molecule has 28 heavy (non-hydrogen) atoms. The molecule has 1 aromatic heterocycles. The normalized spacial score (nSPS) is 12.1. The zero-order valence-electron chi connectivity index (χ0n) is 16.6. The third-order valence-corrected chi connectivity index (χ3v) is 6.51. The fourth-order valence-corrected chi connectivity index (χ4v) is 4.00. The smallest absolute Gasteiger partial charge is 0.257 e. The molecule has 0 aliphatic carbocycles. The maximum Gasteiger partial charge on any atom is 0.257 e. The fraction of sp³-hybridized carbons (Fsp3) is 0.333. The second kappa shape index (κ2) is 8.24. The molecular weight excluding hydrogens is 374 g/mol. The molecule has 0 atom stereocenters. The highest BCUT2D eigenvalue weighted by atomic mass is 32.2. The minimum absolute atomic E-state index is 0.265. The van der Waals surface area contributed by atoms with Gasteiger partial charge in [0.25, 0.3) is 5.89 Å². The first-order valence-electron chi connectivity index (χ1n) is 9.23. The average Bonchev–Trinajstić information content (AvgIpc) is 3.15. The van der Waals surface area contributed by atoms with Crippen molar-refractivity contribution in [3.63, 3.8) is 0 Å². The van der Waals surface area contributed by atoms with Gasteiger partial charge in [-0.25, -0.2) is 12.7 Å². The van der Waals surface area contributed by atoms with Crippen LogP contribution >= 0.6 is 0 Å². The maximum atomic E-state index is 12.8. The number of nitrogens with zero attached hydrogens (tertiary/aromatic N) is 3. The van der Waals surface area contributed by atoms with Gasteiger partial charge in [-0.3, -0.25) is 0 Å². The molecule has 0 N–H and O–H groups in total. The van der Waals surface area contributed by atoms with Crippen LogP contribution in [0.25, 0.3) is 11.5 Å². The van der Waals surface area contributed by atoms with Crippen molar-refractivity contribution in [3.8, 4) is 11.5 Å². The zero-order chi connectivity index (χ0) is 20.3. The van der Waals surface area contributed by atoms with Crippen molar-refractivity contribution in [2.75, 3.05) is 13.6 Å². The van der Waals surface area contributed by atoms with Crippen molar-refractivity contribution < 1.29 is 12.9 Å². The van der Waals surface area contributed by atoms with Crippen molar-refractivity contribution in [2.45, 2.75) is 38.0 Å². The van der Waals surface area contributed by atoms with Gasteiger partial charge in [-0.1, -0.05) is 48.8 Å². The molecule has 0 saturated carbocycles. The van der Waals surface area contributed by atoms with Gasteiger partial charge in [-0.05, 0) is 42.7 Å². The lowest BCUT2D eigenvalue weighted by Crippen LogP contribution is -2.29. The Labute approximate surface area is 166 Å². The molecule has 2 aromatic carbocycles. The summed E-state index contributed by atoms with van der Waals surface area (Å²) in [6, 6.07) is 14.8. The van der Waals surface area contributed by atoms with E-state index in [1.807, 2.05) is 43.3 Å². The second-order valence-corrected chi connectivity index (χ2v) is 9.23. The molecular formula is C21H25N3O3S. The summed E-state index contributed by atoms with van der Waals surface area (Å²) in [5, 5.41) is 3.97. The Morgan fingerprint density at radius 2 is 1.82 bits per heavy atom. The molecule has 0 aliphatic rings. The standard InChI is InChI=1S/C21H25N3O3S/c1-15(2)17-8-10-19(11-9-17)28(25,26)24(4)13-12-20-22-21(27-23-20)18-7-5-6-16(3)14-18/h5-11,14-15H,12-13H2,1-4H3. The van der Waals surface area contributed by atoms with Crippen molar-refractivity contribution >= 4 is 10.0 Å². The number of hydrogen-bond donors (Lipinski definition) is 0. The number of aryl methyl sites for hydroxylation is 1. The van der Waals surface area contributed by atoms with Gasteiger partial charge in [0.1, 0.15) is 0 Å². The number of sulfonamides is 1. The molecule has 0 bridgehead atoms. The van der Waals surface area contributed by atoms with Crippen LogP contribution in [0.15, 0.2) is 57.9 Å². The molecule has 0 amide bonds. The van der Waals surface area contributed by atoms with E-state index in [4.69, 9.17) is 4.52 Å². The maximum absolute atomic E-state index is 12.8. The zero-order valence-corrected chi connectivity index (χ0v) is 17.4. The van der Waals surface area contributed by atoms with Crippen LogP contribution in [0.5, 0.6) is 0 Å². The largest absolute Gasteiger partial charge is 0.334 e. The second-order valence-electron chi connectivity index (χ2n) is 7.19. The molecule has 0 unspecified atom stereocenters. The van der Waals surface area contributed by atoms with Crippen LogP contribution in [0, 0.1) is 6.92 Å². The highest BCUT2D eigenvalue weighted by Crippen LogP contribution is 2.21. The molecule has 3 aromatic rings. The predicted molar refractivity (Wildman–Crippen MR) is 109 cm³/mol. The van der Waals surface area contributed by atoms with Crippen molar-refractivity contribution in [1.29, 1.82) is 0 Å². The first kappa shape index (κ1) is 20.2. The molecule has 3 rings (SSSR count). The van der Waals surface area contributed by atoms with Crippen LogP contribution in [-0.2, 0) is 16.4 Å². The lowest BCUT2D eigenvalue weighted by molar-refractivity contribution is 0.415. The van der Waals surface area contributed by atoms with E-state index >= 15 is 0 Å². The number of hydrogen-bond acceptors (Lipinski definition) is 5. The van der Waals surface area contributed by atoms with Crippen molar-refractivity contribution in [1.82, 2.24) is 14.4 Å². The van der Waals surface area contributed by atoms with E-state index < -0.39 is 10.0 Å². The number of aromatic nitrogens is 2. The Bertz CT molecular complexity index is 1040. The first-order chi connectivity index (χ1) is 13.3. The Balaban J connectivity index is 1.67. The van der Waals surface area contributed by atoms with Crippen LogP contribution in [0.4, 0.5) is 0 Å². The van der Waals surface area contributed by atoms with E-state index in [1.54, 1.807) is 19.2 Å². The molecule has 7 heteroatoms. The van der Waals surface area contributed by atoms with Gasteiger partial charge in [-0.2, -0.15) is 4.98 Å². The Kier molecular flexibility index (Phi) is 5.96. The summed E-state index contributed by atoms with van der Waals surface area (Å²) < 4.78 is 32.2. The molecule has 1 heterocycles. The van der Waals surface area contributed by atoms with E-state index in [1.165, 1.54) is 4.31 Å². The Morgan fingerprint density at radius 1 is 1.11 bits per heavy atom. The quantitative estimate of drug-likeness (QED) is 0.599. The van der Waals surface area contributed by atoms with Crippen molar-refractivity contribution in [2.24, 2.45) is 0 Å². The summed E-state index contributed by atoms with van der Waals surface area (Å²) in [5.74, 6) is 1.28. The molecule has 148 valence electrons. The van der Waals surface area contributed by atoms with Crippen LogP contribution in [0.3, 0.4) is 0 Å². The average molecular weight is 400 g/mol. The number of benzene rings is 2. The number of rotatable bonds is 7. The van der Waals surface area contributed by atoms with Gasteiger partial charge >= 0.3 is 0 Å². The lowest BCUT2D eigenvalue weighted by Gasteiger charge is -2.17. The first-order valence-corrected chi connectivity index (χ1v) is 10.7. The lowest BCUT2D eigenvalue weighted by atomic mass is 10.0. The van der Waals surface area contributed by atoms with E-state index in [0.717, 1.165) is 16.7 Å². The minimum atomic E-state index is -3.56. The molecule has 0 spiro atoms. The predicted octanol–water partition coefficient (Wildman–Crippen LogP) is 4.03. The van der Waals surface area contributed by atoms with Gasteiger partial charge in [0.2, 0.25) is 10.0 Å². The molecule has 6 nitrogen and oxygen atoms in total. The molecule has 0 saturated heterocycles. The summed E-state index contributed by atoms with van der Waals surface area (Å²) >= 11 is 0. The summed E-state index contributed by atoms with van der Waals surface area (Å²) in [6.45, 7) is 6.41. The molecule has 0 fully saturated rings. The number of likely N-dealkylation sites (N-methyl/N-ethyl adjacent to an activating group) is 1. The summed E-state index contributed by atoms with van der Waals surface area (Å²) in [4.78, 5) is 4.67. The van der Waals surface area contributed by atoms with E-state index in [9.17, 15) is 8.42 Å². The van der Waals surface area contributed by atoms with Gasteiger partial charge in [0, 0.05) is 25.6 Å². The third kappa shape index (κ3) is 4.48. The monoisotopic (exact) mass is 399 g/mol. The van der Waals surface area contributed by atoms with Gasteiger partial charge in [0.15, 0.2) is 5.82 Å². The third-order valence-electron chi connectivity index (χ3n) is 4.64. The fourth-order valence-electron chi connectivity index (χ4n) is 2.83. The van der Waals surface area contributed by atoms with Crippen molar-refractivity contribution in [3.05, 3.63) is 65.5 Å². The highest BCUT2D eigenvalue weighted by molar-refractivity contribution is 7.89. The van der Waals surface area contributed by atoms with E-state index in [0.29, 0.717) is 24.1 Å². The van der Waals surface area contributed by atoms with Crippen LogP contribution in [0.2, 0.25) is 0 Å². The Hall–Kier alpha value is -2.51. The van der Waals surface area contributed by atoms with Crippen LogP contribution < -0.4 is 0 Å². The minimum Gasteiger partial charge on any atom is -0.334 e. The Morgan fingerprint density at radius 3 is 2.46 bits per heavy atom. The highest BCUT2D eigenvalue weighted by Gasteiger charge is 2.21. The summed E-state index contributed by atoms with van der Waals surface area (Å²) in [6.07, 6.45) is 0.370. The summed E-state index contributed by atoms with van der Waals surface area (Å²) in [5.41, 5.74) is 3.06. The SMILES string of the molecule is Cc1cccc(-c2nc(CCN(C)S(=O)(=O)c3ccc(C(C)C)cc3)no2)c1. The van der Waals surface area contributed by atoms with Crippen LogP contribution in [0.1, 0.15) is 36.7 Å². The van der Waals surface area contributed by atoms with E-state index in [2.05, 4.69) is 24.0 Å². The van der Waals surface area contributed by atoms with Gasteiger partial charge in [0.05, 0.1) is 4.90 Å². The van der Waals surface area contributed by atoms with Gasteiger partial charge < -0.3 is 4.52 Å². The van der Waals surface area contributed by atoms with Crippen LogP contribution in [-0.4, -0.2) is 36.5 Å². The van der Waals surface area contributed by atoms with Gasteiger partial charge in [-0.15, -0.1) is 0 Å². The topological polar surface area (TPSA) is 76.3 Å². The van der Waals surface area contributed by atoms with E-state index in [-0.39, 0.29) is 11.4 Å².